The van der Waals surface area contributed by atoms with E-state index < -0.39 is 0 Å². The molecule has 3 nitrogen and oxygen atoms in total. The molecule has 0 aromatic carbocycles. The number of hydrogen-bond acceptors (Lipinski definition) is 3. The highest BCUT2D eigenvalue weighted by atomic mass is 15.3. The van der Waals surface area contributed by atoms with Crippen LogP contribution in [0.2, 0.25) is 0 Å². The maximum atomic E-state index is 3.69. The van der Waals surface area contributed by atoms with Crippen LogP contribution >= 0.6 is 0 Å². The Morgan fingerprint density at radius 2 is 1.79 bits per heavy atom. The first-order chi connectivity index (χ1) is 9.03. The van der Waals surface area contributed by atoms with Gasteiger partial charge in [0, 0.05) is 37.3 Å². The molecule has 2 fully saturated rings. The van der Waals surface area contributed by atoms with Crippen LogP contribution in [0.5, 0.6) is 0 Å². The van der Waals surface area contributed by atoms with E-state index in [9.17, 15) is 0 Å². The molecule has 0 aromatic rings. The van der Waals surface area contributed by atoms with Crippen molar-refractivity contribution in [3.63, 3.8) is 0 Å². The second-order valence-corrected chi connectivity index (χ2v) is 7.16. The van der Waals surface area contributed by atoms with Crippen LogP contribution in [0.15, 0.2) is 0 Å². The molecule has 1 saturated heterocycles. The average molecular weight is 267 g/mol. The zero-order valence-corrected chi connectivity index (χ0v) is 13.4. The van der Waals surface area contributed by atoms with Gasteiger partial charge >= 0.3 is 0 Å². The lowest BCUT2D eigenvalue weighted by Gasteiger charge is -2.49. The minimum atomic E-state index is 0.343. The van der Waals surface area contributed by atoms with E-state index in [2.05, 4.69) is 42.9 Å². The summed E-state index contributed by atoms with van der Waals surface area (Å²) < 4.78 is 0. The molecule has 0 amide bonds. The lowest BCUT2D eigenvalue weighted by molar-refractivity contribution is 0.00581. The molecule has 0 unspecified atom stereocenters. The summed E-state index contributed by atoms with van der Waals surface area (Å²) in [5, 5.41) is 3.69. The molecular formula is C16H33N3. The molecule has 1 heterocycles. The van der Waals surface area contributed by atoms with Gasteiger partial charge in [-0.05, 0) is 59.5 Å². The fourth-order valence-electron chi connectivity index (χ4n) is 3.58. The van der Waals surface area contributed by atoms with Gasteiger partial charge in [0.1, 0.15) is 0 Å². The molecule has 0 radical (unpaired) electrons. The normalized spacial score (nSPS) is 33.5. The van der Waals surface area contributed by atoms with Gasteiger partial charge in [-0.25, -0.2) is 0 Å². The van der Waals surface area contributed by atoms with Crippen LogP contribution in [0.1, 0.15) is 52.9 Å². The minimum absolute atomic E-state index is 0.343. The number of piperazine rings is 1. The van der Waals surface area contributed by atoms with E-state index in [-0.39, 0.29) is 0 Å². The van der Waals surface area contributed by atoms with Gasteiger partial charge in [0.05, 0.1) is 0 Å². The first-order valence-electron chi connectivity index (χ1n) is 8.21. The first-order valence-corrected chi connectivity index (χ1v) is 8.21. The quantitative estimate of drug-likeness (QED) is 0.843. The maximum absolute atomic E-state index is 3.69. The summed E-state index contributed by atoms with van der Waals surface area (Å²) >= 11 is 0. The van der Waals surface area contributed by atoms with Gasteiger partial charge in [-0.2, -0.15) is 0 Å². The summed E-state index contributed by atoms with van der Waals surface area (Å²) in [5.74, 6) is 0. The van der Waals surface area contributed by atoms with E-state index in [0.717, 1.165) is 12.1 Å². The van der Waals surface area contributed by atoms with Gasteiger partial charge in [0.15, 0.2) is 0 Å². The van der Waals surface area contributed by atoms with Crippen molar-refractivity contribution in [2.45, 2.75) is 70.5 Å². The van der Waals surface area contributed by atoms with Crippen LogP contribution in [0, 0.1) is 0 Å². The van der Waals surface area contributed by atoms with E-state index in [1.54, 1.807) is 0 Å². The number of rotatable bonds is 4. The third kappa shape index (κ3) is 3.93. The monoisotopic (exact) mass is 267 g/mol. The lowest BCUT2D eigenvalue weighted by Crippen LogP contribution is -2.60. The first kappa shape index (κ1) is 15.3. The summed E-state index contributed by atoms with van der Waals surface area (Å²) in [6.07, 6.45) is 6.78. The Labute approximate surface area is 119 Å². The molecule has 2 rings (SSSR count). The topological polar surface area (TPSA) is 18.5 Å². The smallest absolute Gasteiger partial charge is 0.0277 e. The number of likely N-dealkylation sites (N-methyl/N-ethyl adjacent to an activating group) is 1. The predicted molar refractivity (Wildman–Crippen MR) is 82.6 cm³/mol. The molecule has 2 aliphatic rings. The van der Waals surface area contributed by atoms with E-state index in [4.69, 9.17) is 0 Å². The van der Waals surface area contributed by atoms with Gasteiger partial charge in [-0.3, -0.25) is 9.80 Å². The summed E-state index contributed by atoms with van der Waals surface area (Å²) in [4.78, 5) is 5.27. The molecule has 1 aliphatic carbocycles. The molecule has 0 aromatic heterocycles. The zero-order valence-electron chi connectivity index (χ0n) is 13.4. The van der Waals surface area contributed by atoms with Crippen molar-refractivity contribution in [1.29, 1.82) is 0 Å². The van der Waals surface area contributed by atoms with Gasteiger partial charge in [0.25, 0.3) is 0 Å². The molecule has 3 heteroatoms. The van der Waals surface area contributed by atoms with Crippen molar-refractivity contribution < 1.29 is 0 Å². The Morgan fingerprint density at radius 1 is 1.11 bits per heavy atom. The Hall–Kier alpha value is -0.120. The Kier molecular flexibility index (Phi) is 5.27. The van der Waals surface area contributed by atoms with E-state index in [1.807, 2.05) is 0 Å². The molecule has 0 bridgehead atoms. The molecular weight excluding hydrogens is 234 g/mol. The molecule has 0 atom stereocenters. The molecule has 1 aliphatic heterocycles. The SMILES string of the molecule is CCCNC1CCC(N2CCN(C)C(C)(C)C2)CC1. The maximum Gasteiger partial charge on any atom is 0.0277 e. The number of nitrogens with one attached hydrogen (secondary N) is 1. The van der Waals surface area contributed by atoms with Gasteiger partial charge in [-0.1, -0.05) is 6.92 Å². The number of nitrogens with zero attached hydrogens (tertiary/aromatic N) is 2. The predicted octanol–water partition coefficient (Wildman–Crippen LogP) is 2.32. The summed E-state index contributed by atoms with van der Waals surface area (Å²) in [5.41, 5.74) is 0.343. The summed E-state index contributed by atoms with van der Waals surface area (Å²) in [6.45, 7) is 11.9. The van der Waals surface area contributed by atoms with E-state index >= 15 is 0 Å². The highest BCUT2D eigenvalue weighted by Crippen LogP contribution is 2.28. The molecule has 112 valence electrons. The highest BCUT2D eigenvalue weighted by molar-refractivity contribution is 4.92. The van der Waals surface area contributed by atoms with Crippen LogP contribution in [0.3, 0.4) is 0 Å². The Morgan fingerprint density at radius 3 is 2.37 bits per heavy atom. The second kappa shape index (κ2) is 6.55. The number of hydrogen-bond donors (Lipinski definition) is 1. The van der Waals surface area contributed by atoms with Crippen molar-refractivity contribution in [3.05, 3.63) is 0 Å². The second-order valence-electron chi connectivity index (χ2n) is 7.16. The minimum Gasteiger partial charge on any atom is -0.314 e. The van der Waals surface area contributed by atoms with Crippen molar-refractivity contribution in [1.82, 2.24) is 15.1 Å². The fourth-order valence-corrected chi connectivity index (χ4v) is 3.58. The highest BCUT2D eigenvalue weighted by Gasteiger charge is 2.35. The summed E-state index contributed by atoms with van der Waals surface area (Å²) in [6, 6.07) is 1.63. The van der Waals surface area contributed by atoms with Gasteiger partial charge < -0.3 is 5.32 Å². The van der Waals surface area contributed by atoms with Crippen molar-refractivity contribution in [3.8, 4) is 0 Å². The van der Waals surface area contributed by atoms with Crippen molar-refractivity contribution in [2.75, 3.05) is 33.2 Å². The van der Waals surface area contributed by atoms with E-state index in [1.165, 1.54) is 58.3 Å². The zero-order chi connectivity index (χ0) is 13.9. The van der Waals surface area contributed by atoms with Crippen LogP contribution < -0.4 is 5.32 Å². The van der Waals surface area contributed by atoms with Gasteiger partial charge in [-0.15, -0.1) is 0 Å². The third-order valence-corrected chi connectivity index (χ3v) is 5.24. The molecule has 1 N–H and O–H groups in total. The lowest BCUT2D eigenvalue weighted by atomic mass is 9.88. The Balaban J connectivity index is 1.78. The molecule has 1 saturated carbocycles. The van der Waals surface area contributed by atoms with Crippen LogP contribution in [-0.4, -0.2) is 60.6 Å². The van der Waals surface area contributed by atoms with Crippen LogP contribution in [-0.2, 0) is 0 Å². The van der Waals surface area contributed by atoms with Crippen molar-refractivity contribution in [2.24, 2.45) is 0 Å². The molecule has 19 heavy (non-hydrogen) atoms. The van der Waals surface area contributed by atoms with Gasteiger partial charge in [0.2, 0.25) is 0 Å². The molecule has 0 spiro atoms. The average Bonchev–Trinajstić information content (AvgIpc) is 2.40. The standard InChI is InChI=1S/C16H33N3/c1-5-10-17-14-6-8-15(9-7-14)19-12-11-18(4)16(2,3)13-19/h14-15,17H,5-13H2,1-4H3. The third-order valence-electron chi connectivity index (χ3n) is 5.24. The van der Waals surface area contributed by atoms with Crippen LogP contribution in [0.4, 0.5) is 0 Å². The Bertz CT molecular complexity index is 269. The van der Waals surface area contributed by atoms with E-state index in [0.29, 0.717) is 5.54 Å². The van der Waals surface area contributed by atoms with Crippen molar-refractivity contribution >= 4 is 0 Å². The largest absolute Gasteiger partial charge is 0.314 e. The summed E-state index contributed by atoms with van der Waals surface area (Å²) in [7, 11) is 2.27. The fraction of sp³-hybridized carbons (Fsp3) is 1.00. The van der Waals surface area contributed by atoms with Crippen LogP contribution in [0.25, 0.3) is 0 Å².